The Morgan fingerprint density at radius 3 is 2.70 bits per heavy atom. The predicted octanol–water partition coefficient (Wildman–Crippen LogP) is -1.20. The lowest BCUT2D eigenvalue weighted by atomic mass is 10.0. The van der Waals surface area contributed by atoms with Gasteiger partial charge in [0.1, 0.15) is 0 Å². The van der Waals surface area contributed by atoms with Gasteiger partial charge in [0, 0.05) is 12.5 Å². The van der Waals surface area contributed by atoms with Gasteiger partial charge in [-0.05, 0) is 6.42 Å². The van der Waals surface area contributed by atoms with Crippen LogP contribution in [-0.4, -0.2) is 35.3 Å². The highest BCUT2D eigenvalue weighted by Gasteiger charge is 2.24. The lowest BCUT2D eigenvalue weighted by molar-refractivity contribution is -0.176. The Bertz CT molecular complexity index is 99.2. The fraction of sp³-hybridized carbons (Fsp3) is 1.00. The predicted molar refractivity (Wildman–Crippen MR) is 35.2 cm³/mol. The standard InChI is InChI=1S/C6H13NO3/c7-4-1-5(3-8)10-6(9)2-4/h4-6,8-9H,1-3,7H2/t4?,5?,6-/m0/s1. The van der Waals surface area contributed by atoms with Crippen LogP contribution in [0, 0.1) is 0 Å². The third-order valence-electron chi connectivity index (χ3n) is 1.62. The van der Waals surface area contributed by atoms with Gasteiger partial charge in [-0.3, -0.25) is 0 Å². The molecule has 1 heterocycles. The summed E-state index contributed by atoms with van der Waals surface area (Å²) in [7, 11) is 0. The van der Waals surface area contributed by atoms with Crippen LogP contribution < -0.4 is 5.73 Å². The molecule has 1 rings (SSSR count). The van der Waals surface area contributed by atoms with Crippen LogP contribution in [0.5, 0.6) is 0 Å². The van der Waals surface area contributed by atoms with Crippen LogP contribution in [0.15, 0.2) is 0 Å². The maximum Gasteiger partial charge on any atom is 0.156 e. The van der Waals surface area contributed by atoms with Crippen LogP contribution in [-0.2, 0) is 4.74 Å². The molecule has 2 unspecified atom stereocenters. The molecule has 4 nitrogen and oxygen atoms in total. The first-order valence-electron chi connectivity index (χ1n) is 3.42. The van der Waals surface area contributed by atoms with Gasteiger partial charge in [-0.25, -0.2) is 0 Å². The summed E-state index contributed by atoms with van der Waals surface area (Å²) in [5.74, 6) is 0. The van der Waals surface area contributed by atoms with Crippen molar-refractivity contribution >= 4 is 0 Å². The zero-order chi connectivity index (χ0) is 7.56. The second kappa shape index (κ2) is 3.30. The Kier molecular flexibility index (Phi) is 2.62. The number of hydrogen-bond donors (Lipinski definition) is 3. The van der Waals surface area contributed by atoms with Crippen molar-refractivity contribution in [1.82, 2.24) is 0 Å². The average Bonchev–Trinajstić information content (AvgIpc) is 1.85. The minimum absolute atomic E-state index is 0.0408. The summed E-state index contributed by atoms with van der Waals surface area (Å²) in [5.41, 5.74) is 5.54. The van der Waals surface area contributed by atoms with Crippen molar-refractivity contribution in [3.8, 4) is 0 Å². The topological polar surface area (TPSA) is 75.7 Å². The Hall–Kier alpha value is -0.160. The summed E-state index contributed by atoms with van der Waals surface area (Å²) >= 11 is 0. The fourth-order valence-electron chi connectivity index (χ4n) is 1.14. The molecular weight excluding hydrogens is 134 g/mol. The van der Waals surface area contributed by atoms with Crippen molar-refractivity contribution in [2.75, 3.05) is 6.61 Å². The monoisotopic (exact) mass is 147 g/mol. The molecule has 0 radical (unpaired) electrons. The minimum atomic E-state index is -0.791. The maximum absolute atomic E-state index is 8.97. The van der Waals surface area contributed by atoms with E-state index in [1.807, 2.05) is 0 Å². The quantitative estimate of drug-likeness (QED) is 0.435. The van der Waals surface area contributed by atoms with Gasteiger partial charge in [0.05, 0.1) is 12.7 Å². The molecule has 0 spiro atoms. The Labute approximate surface area is 59.6 Å². The van der Waals surface area contributed by atoms with Crippen molar-refractivity contribution in [2.24, 2.45) is 5.73 Å². The first kappa shape index (κ1) is 7.94. The van der Waals surface area contributed by atoms with E-state index >= 15 is 0 Å². The van der Waals surface area contributed by atoms with Crippen molar-refractivity contribution in [2.45, 2.75) is 31.3 Å². The van der Waals surface area contributed by atoms with E-state index in [1.165, 1.54) is 0 Å². The summed E-state index contributed by atoms with van der Waals surface area (Å²) in [6.07, 6.45) is 0.0315. The number of aliphatic hydroxyl groups excluding tert-OH is 2. The van der Waals surface area contributed by atoms with Crippen LogP contribution >= 0.6 is 0 Å². The first-order valence-corrected chi connectivity index (χ1v) is 3.42. The highest BCUT2D eigenvalue weighted by molar-refractivity contribution is 4.74. The molecule has 0 aromatic carbocycles. The summed E-state index contributed by atoms with van der Waals surface area (Å²) in [6.45, 7) is -0.0647. The molecule has 0 aliphatic carbocycles. The van der Waals surface area contributed by atoms with Gasteiger partial charge in [0.15, 0.2) is 6.29 Å². The van der Waals surface area contributed by atoms with Crippen molar-refractivity contribution in [1.29, 1.82) is 0 Å². The molecule has 3 atom stereocenters. The molecule has 4 N–H and O–H groups in total. The number of hydrogen-bond acceptors (Lipinski definition) is 4. The van der Waals surface area contributed by atoms with E-state index in [-0.39, 0.29) is 18.8 Å². The van der Waals surface area contributed by atoms with E-state index in [0.29, 0.717) is 12.8 Å². The molecule has 0 aromatic rings. The van der Waals surface area contributed by atoms with E-state index in [0.717, 1.165) is 0 Å². The van der Waals surface area contributed by atoms with Crippen LogP contribution in [0.4, 0.5) is 0 Å². The highest BCUT2D eigenvalue weighted by atomic mass is 16.6. The van der Waals surface area contributed by atoms with Crippen molar-refractivity contribution in [3.63, 3.8) is 0 Å². The fourth-order valence-corrected chi connectivity index (χ4v) is 1.14. The molecule has 10 heavy (non-hydrogen) atoms. The molecule has 0 bridgehead atoms. The van der Waals surface area contributed by atoms with Crippen LogP contribution in [0.2, 0.25) is 0 Å². The van der Waals surface area contributed by atoms with Crippen LogP contribution in [0.1, 0.15) is 12.8 Å². The third kappa shape index (κ3) is 1.91. The molecule has 1 aliphatic heterocycles. The molecule has 1 aliphatic rings. The number of aliphatic hydroxyl groups is 2. The normalized spacial score (nSPS) is 41.7. The second-order valence-electron chi connectivity index (χ2n) is 2.63. The molecule has 1 fully saturated rings. The van der Waals surface area contributed by atoms with Gasteiger partial charge in [0.2, 0.25) is 0 Å². The van der Waals surface area contributed by atoms with Gasteiger partial charge >= 0.3 is 0 Å². The van der Waals surface area contributed by atoms with E-state index in [2.05, 4.69) is 0 Å². The Morgan fingerprint density at radius 2 is 2.20 bits per heavy atom. The van der Waals surface area contributed by atoms with E-state index in [4.69, 9.17) is 20.7 Å². The lowest BCUT2D eigenvalue weighted by Crippen LogP contribution is -2.41. The minimum Gasteiger partial charge on any atom is -0.394 e. The van der Waals surface area contributed by atoms with E-state index < -0.39 is 6.29 Å². The second-order valence-corrected chi connectivity index (χ2v) is 2.63. The van der Waals surface area contributed by atoms with E-state index in [9.17, 15) is 0 Å². The molecule has 0 aromatic heterocycles. The summed E-state index contributed by atoms with van der Waals surface area (Å²) < 4.78 is 4.93. The zero-order valence-corrected chi connectivity index (χ0v) is 5.73. The smallest absolute Gasteiger partial charge is 0.156 e. The zero-order valence-electron chi connectivity index (χ0n) is 5.73. The first-order chi connectivity index (χ1) is 4.72. The summed E-state index contributed by atoms with van der Waals surface area (Å²) in [4.78, 5) is 0. The number of rotatable bonds is 1. The third-order valence-corrected chi connectivity index (χ3v) is 1.62. The van der Waals surface area contributed by atoms with Crippen molar-refractivity contribution in [3.05, 3.63) is 0 Å². The Balaban J connectivity index is 2.35. The molecule has 0 saturated carbocycles. The molecular formula is C6H13NO3. The number of ether oxygens (including phenoxy) is 1. The Morgan fingerprint density at radius 1 is 1.50 bits per heavy atom. The average molecular weight is 147 g/mol. The summed E-state index contributed by atoms with van der Waals surface area (Å²) in [5, 5.41) is 17.6. The highest BCUT2D eigenvalue weighted by Crippen LogP contribution is 2.15. The largest absolute Gasteiger partial charge is 0.394 e. The van der Waals surface area contributed by atoms with Gasteiger partial charge in [-0.1, -0.05) is 0 Å². The molecule has 4 heteroatoms. The number of nitrogens with two attached hydrogens (primary N) is 1. The van der Waals surface area contributed by atoms with Crippen LogP contribution in [0.3, 0.4) is 0 Å². The van der Waals surface area contributed by atoms with Gasteiger partial charge in [0.25, 0.3) is 0 Å². The van der Waals surface area contributed by atoms with E-state index in [1.54, 1.807) is 0 Å². The molecule has 1 saturated heterocycles. The molecule has 0 amide bonds. The van der Waals surface area contributed by atoms with Gasteiger partial charge < -0.3 is 20.7 Å². The van der Waals surface area contributed by atoms with Gasteiger partial charge in [-0.15, -0.1) is 0 Å². The van der Waals surface area contributed by atoms with Crippen LogP contribution in [0.25, 0.3) is 0 Å². The lowest BCUT2D eigenvalue weighted by Gasteiger charge is -2.29. The van der Waals surface area contributed by atoms with Gasteiger partial charge in [-0.2, -0.15) is 0 Å². The SMILES string of the molecule is NC1CC(CO)O[C@H](O)C1. The summed E-state index contributed by atoms with van der Waals surface area (Å²) in [6, 6.07) is -0.0408. The molecule has 60 valence electrons. The van der Waals surface area contributed by atoms with Crippen molar-refractivity contribution < 1.29 is 14.9 Å². The maximum atomic E-state index is 8.97.